The van der Waals surface area contributed by atoms with Gasteiger partial charge in [-0.1, -0.05) is 79.9 Å². The molecule has 1 atom stereocenters. The molecule has 1 aliphatic carbocycles. The van der Waals surface area contributed by atoms with E-state index in [1.54, 1.807) is 0 Å². The summed E-state index contributed by atoms with van der Waals surface area (Å²) >= 11 is 0. The summed E-state index contributed by atoms with van der Waals surface area (Å²) in [5.74, 6) is 1.35. The molecule has 154 valence electrons. The molecule has 0 saturated heterocycles. The summed E-state index contributed by atoms with van der Waals surface area (Å²) in [7, 11) is 0. The van der Waals surface area contributed by atoms with Crippen LogP contribution in [0.15, 0.2) is 60.7 Å². The second kappa shape index (κ2) is 13.0. The van der Waals surface area contributed by atoms with Gasteiger partial charge < -0.3 is 10.6 Å². The van der Waals surface area contributed by atoms with Crippen LogP contribution in [0.2, 0.25) is 0 Å². The van der Waals surface area contributed by atoms with E-state index in [4.69, 9.17) is 0 Å². The number of hydrogen-bond acceptors (Lipinski definition) is 2. The zero-order chi connectivity index (χ0) is 18.7. The summed E-state index contributed by atoms with van der Waals surface area (Å²) in [5.41, 5.74) is 2.82. The minimum atomic E-state index is 0. The van der Waals surface area contributed by atoms with Crippen molar-refractivity contribution in [3.8, 4) is 0 Å². The molecule has 0 bridgehead atoms. The van der Waals surface area contributed by atoms with Crippen molar-refractivity contribution >= 4 is 13.5 Å². The molecule has 1 aliphatic rings. The lowest BCUT2D eigenvalue weighted by Crippen LogP contribution is -2.38. The second-order valence-electron chi connectivity index (χ2n) is 8.05. The van der Waals surface area contributed by atoms with Gasteiger partial charge in [-0.2, -0.15) is 13.5 Å². The fourth-order valence-electron chi connectivity index (χ4n) is 4.46. The molecule has 0 aliphatic heterocycles. The molecule has 0 radical (unpaired) electrons. The maximum atomic E-state index is 3.74. The lowest BCUT2D eigenvalue weighted by molar-refractivity contribution is 0.282. The average molecular weight is 399 g/mol. The molecule has 0 aromatic heterocycles. The Balaban J connectivity index is 0.00000280. The van der Waals surface area contributed by atoms with Gasteiger partial charge in [0.1, 0.15) is 0 Å². The monoisotopic (exact) mass is 398 g/mol. The van der Waals surface area contributed by atoms with Crippen LogP contribution in [0, 0.1) is 5.92 Å². The first kappa shape index (κ1) is 23.0. The molecule has 3 heteroatoms. The van der Waals surface area contributed by atoms with E-state index in [0.717, 1.165) is 32.0 Å². The van der Waals surface area contributed by atoms with Crippen LogP contribution in [-0.4, -0.2) is 25.7 Å². The normalized spacial score (nSPS) is 15.9. The van der Waals surface area contributed by atoms with Crippen LogP contribution >= 0.6 is 13.5 Å². The van der Waals surface area contributed by atoms with Crippen molar-refractivity contribution in [1.29, 1.82) is 0 Å². The number of nitrogens with one attached hydrogen (secondary N) is 2. The fraction of sp³-hybridized carbons (Fsp3) is 0.520. The quantitative estimate of drug-likeness (QED) is 0.519. The van der Waals surface area contributed by atoms with E-state index in [-0.39, 0.29) is 13.5 Å². The van der Waals surface area contributed by atoms with Crippen molar-refractivity contribution < 1.29 is 0 Å². The fourth-order valence-corrected chi connectivity index (χ4v) is 4.46. The molecule has 0 unspecified atom stereocenters. The third-order valence-electron chi connectivity index (χ3n) is 6.14. The van der Waals surface area contributed by atoms with E-state index in [1.165, 1.54) is 43.2 Å². The highest BCUT2D eigenvalue weighted by molar-refractivity contribution is 7.59. The van der Waals surface area contributed by atoms with Gasteiger partial charge in [-0.05, 0) is 49.8 Å². The van der Waals surface area contributed by atoms with E-state index >= 15 is 0 Å². The maximum absolute atomic E-state index is 3.74. The Kier molecular flexibility index (Phi) is 10.7. The number of benzene rings is 2. The summed E-state index contributed by atoms with van der Waals surface area (Å²) in [4.78, 5) is 0. The molecule has 1 saturated carbocycles. The highest BCUT2D eigenvalue weighted by Crippen LogP contribution is 2.27. The predicted octanol–water partition coefficient (Wildman–Crippen LogP) is 5.47. The Morgan fingerprint density at radius 1 is 0.786 bits per heavy atom. The molecule has 0 spiro atoms. The minimum Gasteiger partial charge on any atom is -0.315 e. The van der Waals surface area contributed by atoms with Crippen molar-refractivity contribution in [2.45, 2.75) is 57.4 Å². The number of rotatable bonds is 10. The van der Waals surface area contributed by atoms with E-state index in [9.17, 15) is 0 Å². The standard InChI is InChI=1S/C25H36N2.H2S/c1-21(22-11-5-2-6-12-22)27-20-19-26-18-17-25(23-13-7-3-8-14-23)24-15-9-4-10-16-24;/h3-4,7-10,13-16,21-22,25-27H,2,5-6,11-12,17-20H2,1H3;1H2/t21-;/m0./s1. The third-order valence-corrected chi connectivity index (χ3v) is 6.14. The van der Waals surface area contributed by atoms with Crippen molar-refractivity contribution in [2.75, 3.05) is 19.6 Å². The summed E-state index contributed by atoms with van der Waals surface area (Å²) < 4.78 is 0. The Bertz CT molecular complexity index is 586. The van der Waals surface area contributed by atoms with Gasteiger partial charge in [-0.25, -0.2) is 0 Å². The molecule has 2 nitrogen and oxygen atoms in total. The van der Waals surface area contributed by atoms with Crippen LogP contribution < -0.4 is 10.6 Å². The Labute approximate surface area is 179 Å². The van der Waals surface area contributed by atoms with Gasteiger partial charge >= 0.3 is 0 Å². The van der Waals surface area contributed by atoms with Gasteiger partial charge in [0, 0.05) is 25.0 Å². The van der Waals surface area contributed by atoms with E-state index in [0.29, 0.717) is 12.0 Å². The molecule has 28 heavy (non-hydrogen) atoms. The zero-order valence-corrected chi connectivity index (χ0v) is 18.4. The highest BCUT2D eigenvalue weighted by Gasteiger charge is 2.19. The highest BCUT2D eigenvalue weighted by atomic mass is 32.1. The lowest BCUT2D eigenvalue weighted by atomic mass is 9.84. The van der Waals surface area contributed by atoms with Crippen LogP contribution in [0.3, 0.4) is 0 Å². The average Bonchev–Trinajstić information content (AvgIpc) is 2.75. The molecule has 2 N–H and O–H groups in total. The largest absolute Gasteiger partial charge is 0.315 e. The van der Waals surface area contributed by atoms with Crippen LogP contribution in [0.4, 0.5) is 0 Å². The molecular weight excluding hydrogens is 360 g/mol. The SMILES string of the molecule is C[C@H](NCCNCCC(c1ccccc1)c1ccccc1)C1CCCCC1.S. The second-order valence-corrected chi connectivity index (χ2v) is 8.05. The van der Waals surface area contributed by atoms with Crippen molar-refractivity contribution in [3.63, 3.8) is 0 Å². The Morgan fingerprint density at radius 3 is 1.93 bits per heavy atom. The van der Waals surface area contributed by atoms with Crippen molar-refractivity contribution in [3.05, 3.63) is 71.8 Å². The summed E-state index contributed by atoms with van der Waals surface area (Å²) in [5, 5.41) is 7.39. The van der Waals surface area contributed by atoms with E-state index in [1.807, 2.05) is 0 Å². The zero-order valence-electron chi connectivity index (χ0n) is 17.4. The summed E-state index contributed by atoms with van der Waals surface area (Å²) in [6.07, 6.45) is 8.25. The van der Waals surface area contributed by atoms with Gasteiger partial charge in [0.15, 0.2) is 0 Å². The first-order valence-electron chi connectivity index (χ1n) is 10.9. The molecule has 2 aromatic rings. The van der Waals surface area contributed by atoms with Crippen molar-refractivity contribution in [1.82, 2.24) is 10.6 Å². The van der Waals surface area contributed by atoms with Crippen molar-refractivity contribution in [2.24, 2.45) is 5.92 Å². The molecule has 2 aromatic carbocycles. The van der Waals surface area contributed by atoms with E-state index in [2.05, 4.69) is 78.2 Å². The molecular formula is C25H38N2S. The van der Waals surface area contributed by atoms with E-state index < -0.39 is 0 Å². The smallest absolute Gasteiger partial charge is 0.0101 e. The van der Waals surface area contributed by atoms with Crippen LogP contribution in [0.1, 0.15) is 62.5 Å². The molecule has 3 rings (SSSR count). The Morgan fingerprint density at radius 2 is 1.36 bits per heavy atom. The summed E-state index contributed by atoms with van der Waals surface area (Å²) in [6.45, 7) is 5.54. The third kappa shape index (κ3) is 7.27. The minimum absolute atomic E-state index is 0. The first-order chi connectivity index (χ1) is 13.3. The van der Waals surface area contributed by atoms with Crippen LogP contribution in [0.25, 0.3) is 0 Å². The predicted molar refractivity (Wildman–Crippen MR) is 127 cm³/mol. The van der Waals surface area contributed by atoms with Crippen LogP contribution in [0.5, 0.6) is 0 Å². The van der Waals surface area contributed by atoms with Gasteiger partial charge in [0.2, 0.25) is 0 Å². The maximum Gasteiger partial charge on any atom is 0.0101 e. The van der Waals surface area contributed by atoms with Gasteiger partial charge in [0.25, 0.3) is 0 Å². The van der Waals surface area contributed by atoms with Gasteiger partial charge in [-0.15, -0.1) is 0 Å². The Hall–Kier alpha value is -1.29. The van der Waals surface area contributed by atoms with Gasteiger partial charge in [0.05, 0.1) is 0 Å². The number of hydrogen-bond donors (Lipinski definition) is 2. The van der Waals surface area contributed by atoms with Crippen LogP contribution in [-0.2, 0) is 0 Å². The summed E-state index contributed by atoms with van der Waals surface area (Å²) in [6, 6.07) is 22.5. The molecule has 0 amide bonds. The molecule has 0 heterocycles. The molecule has 1 fully saturated rings. The topological polar surface area (TPSA) is 24.1 Å². The lowest BCUT2D eigenvalue weighted by Gasteiger charge is -2.28. The first-order valence-corrected chi connectivity index (χ1v) is 10.9. The van der Waals surface area contributed by atoms with Gasteiger partial charge in [-0.3, -0.25) is 0 Å².